The van der Waals surface area contributed by atoms with Crippen molar-refractivity contribution in [3.63, 3.8) is 0 Å². The van der Waals surface area contributed by atoms with Crippen molar-refractivity contribution in [2.75, 3.05) is 0 Å². The normalized spacial score (nSPS) is 13.0. The molecule has 86 valence electrons. The lowest BCUT2D eigenvalue weighted by atomic mass is 10.1. The zero-order chi connectivity index (χ0) is 11.7. The van der Waals surface area contributed by atoms with Crippen molar-refractivity contribution in [2.24, 2.45) is 5.84 Å². The Hall–Kier alpha value is -1.62. The Morgan fingerprint density at radius 3 is 2.82 bits per heavy atom. The molecule has 3 rings (SSSR count). The average molecular weight is 244 g/mol. The van der Waals surface area contributed by atoms with Crippen molar-refractivity contribution in [1.82, 2.24) is 5.43 Å². The van der Waals surface area contributed by atoms with Crippen LogP contribution in [-0.4, -0.2) is 0 Å². The van der Waals surface area contributed by atoms with E-state index in [1.807, 2.05) is 18.2 Å². The molecule has 1 unspecified atom stereocenters. The highest BCUT2D eigenvalue weighted by atomic mass is 32.1. The van der Waals surface area contributed by atoms with Crippen LogP contribution in [0.3, 0.4) is 0 Å². The van der Waals surface area contributed by atoms with Crippen molar-refractivity contribution in [2.45, 2.75) is 6.04 Å². The predicted molar refractivity (Wildman–Crippen MR) is 69.7 cm³/mol. The molecule has 0 saturated carbocycles. The Balaban J connectivity index is 2.07. The number of fused-ring (bicyclic) bond motifs is 1. The van der Waals surface area contributed by atoms with Crippen LogP contribution in [0.25, 0.3) is 10.1 Å². The lowest BCUT2D eigenvalue weighted by molar-refractivity contribution is 0.554. The third-order valence-corrected chi connectivity index (χ3v) is 3.95. The number of hydrogen-bond donors (Lipinski definition) is 2. The van der Waals surface area contributed by atoms with E-state index in [4.69, 9.17) is 10.3 Å². The van der Waals surface area contributed by atoms with Gasteiger partial charge in [-0.3, -0.25) is 5.84 Å². The van der Waals surface area contributed by atoms with Crippen molar-refractivity contribution in [1.29, 1.82) is 0 Å². The molecule has 0 spiro atoms. The van der Waals surface area contributed by atoms with E-state index in [-0.39, 0.29) is 6.04 Å². The SMILES string of the molecule is NNC(c1ccoc1)c1cc2ccccc2s1. The van der Waals surface area contributed by atoms with E-state index in [9.17, 15) is 0 Å². The van der Waals surface area contributed by atoms with Gasteiger partial charge in [0.05, 0.1) is 18.6 Å². The zero-order valence-electron chi connectivity index (χ0n) is 9.09. The maximum atomic E-state index is 5.63. The molecular weight excluding hydrogens is 232 g/mol. The van der Waals surface area contributed by atoms with Crippen LogP contribution >= 0.6 is 11.3 Å². The molecule has 17 heavy (non-hydrogen) atoms. The van der Waals surface area contributed by atoms with Crippen molar-refractivity contribution < 1.29 is 4.42 Å². The number of benzene rings is 1. The molecule has 3 N–H and O–H groups in total. The van der Waals surface area contributed by atoms with E-state index >= 15 is 0 Å². The van der Waals surface area contributed by atoms with Gasteiger partial charge >= 0.3 is 0 Å². The van der Waals surface area contributed by atoms with Gasteiger partial charge in [0.15, 0.2) is 0 Å². The van der Waals surface area contributed by atoms with E-state index in [2.05, 4.69) is 23.6 Å². The van der Waals surface area contributed by atoms with Gasteiger partial charge in [-0.2, -0.15) is 0 Å². The fraction of sp³-hybridized carbons (Fsp3) is 0.0769. The lowest BCUT2D eigenvalue weighted by Crippen LogP contribution is -2.27. The standard InChI is InChI=1S/C13H12N2OS/c14-15-13(10-5-6-16-8-10)12-7-9-3-1-2-4-11(9)17-12/h1-8,13,15H,14H2. The highest BCUT2D eigenvalue weighted by molar-refractivity contribution is 7.19. The minimum Gasteiger partial charge on any atom is -0.472 e. The zero-order valence-corrected chi connectivity index (χ0v) is 9.91. The smallest absolute Gasteiger partial charge is 0.0954 e. The summed E-state index contributed by atoms with van der Waals surface area (Å²) in [5.74, 6) is 5.63. The quantitative estimate of drug-likeness (QED) is 0.550. The number of nitrogens with one attached hydrogen (secondary N) is 1. The Morgan fingerprint density at radius 1 is 1.24 bits per heavy atom. The predicted octanol–water partition coefficient (Wildman–Crippen LogP) is 3.05. The monoisotopic (exact) mass is 244 g/mol. The summed E-state index contributed by atoms with van der Waals surface area (Å²) in [6.07, 6.45) is 3.38. The van der Waals surface area contributed by atoms with E-state index < -0.39 is 0 Å². The van der Waals surface area contributed by atoms with Crippen LogP contribution < -0.4 is 11.3 Å². The third kappa shape index (κ3) is 1.86. The maximum Gasteiger partial charge on any atom is 0.0954 e. The van der Waals surface area contributed by atoms with Crippen LogP contribution in [0.2, 0.25) is 0 Å². The summed E-state index contributed by atoms with van der Waals surface area (Å²) in [5, 5.41) is 1.25. The van der Waals surface area contributed by atoms with E-state index in [0.29, 0.717) is 0 Å². The first-order chi connectivity index (χ1) is 8.38. The van der Waals surface area contributed by atoms with Crippen LogP contribution in [0.1, 0.15) is 16.5 Å². The molecule has 0 saturated heterocycles. The third-order valence-electron chi connectivity index (χ3n) is 2.77. The summed E-state index contributed by atoms with van der Waals surface area (Å²) >= 11 is 1.74. The Labute approximate surface area is 103 Å². The second-order valence-electron chi connectivity index (χ2n) is 3.84. The number of hydrogen-bond acceptors (Lipinski definition) is 4. The van der Waals surface area contributed by atoms with Crippen LogP contribution in [0.15, 0.2) is 53.3 Å². The summed E-state index contributed by atoms with van der Waals surface area (Å²) in [5.41, 5.74) is 3.87. The number of nitrogens with two attached hydrogens (primary N) is 1. The summed E-state index contributed by atoms with van der Waals surface area (Å²) < 4.78 is 6.37. The van der Waals surface area contributed by atoms with Gasteiger partial charge in [0.1, 0.15) is 0 Å². The summed E-state index contributed by atoms with van der Waals surface area (Å²) in [6.45, 7) is 0. The topological polar surface area (TPSA) is 51.2 Å². The van der Waals surface area contributed by atoms with E-state index in [1.54, 1.807) is 23.9 Å². The molecule has 2 aromatic heterocycles. The second kappa shape index (κ2) is 4.33. The van der Waals surface area contributed by atoms with Gasteiger partial charge in [-0.05, 0) is 23.6 Å². The minimum absolute atomic E-state index is 0.00819. The largest absolute Gasteiger partial charge is 0.472 e. The number of hydrazine groups is 1. The number of thiophene rings is 1. The van der Waals surface area contributed by atoms with Crippen molar-refractivity contribution in [3.05, 3.63) is 59.4 Å². The molecule has 0 aliphatic rings. The second-order valence-corrected chi connectivity index (χ2v) is 4.96. The van der Waals surface area contributed by atoms with Gasteiger partial charge in [0.25, 0.3) is 0 Å². The first-order valence-electron chi connectivity index (χ1n) is 5.35. The molecule has 0 aliphatic carbocycles. The Morgan fingerprint density at radius 2 is 2.12 bits per heavy atom. The summed E-state index contributed by atoms with van der Waals surface area (Å²) in [7, 11) is 0. The first kappa shape index (κ1) is 10.5. The summed E-state index contributed by atoms with van der Waals surface area (Å²) in [6, 6.07) is 12.4. The maximum absolute atomic E-state index is 5.63. The number of furan rings is 1. The minimum atomic E-state index is -0.00819. The average Bonchev–Trinajstić information content (AvgIpc) is 2.98. The molecular formula is C13H12N2OS. The van der Waals surface area contributed by atoms with Gasteiger partial charge in [0, 0.05) is 15.1 Å². The first-order valence-corrected chi connectivity index (χ1v) is 6.17. The lowest BCUT2D eigenvalue weighted by Gasteiger charge is -2.11. The van der Waals surface area contributed by atoms with Crippen LogP contribution in [0.4, 0.5) is 0 Å². The molecule has 0 aliphatic heterocycles. The van der Waals surface area contributed by atoms with Crippen LogP contribution in [0, 0.1) is 0 Å². The Bertz CT molecular complexity index is 582. The van der Waals surface area contributed by atoms with Gasteiger partial charge in [-0.1, -0.05) is 18.2 Å². The molecule has 4 heteroatoms. The molecule has 3 nitrogen and oxygen atoms in total. The molecule has 3 aromatic rings. The molecule has 0 fully saturated rings. The molecule has 2 heterocycles. The van der Waals surface area contributed by atoms with Gasteiger partial charge in [0.2, 0.25) is 0 Å². The van der Waals surface area contributed by atoms with Gasteiger partial charge < -0.3 is 4.42 Å². The highest BCUT2D eigenvalue weighted by Crippen LogP contribution is 2.32. The molecule has 1 aromatic carbocycles. The Kier molecular flexibility index (Phi) is 2.68. The molecule has 0 amide bonds. The molecule has 0 bridgehead atoms. The molecule has 1 atom stereocenters. The summed E-state index contributed by atoms with van der Waals surface area (Å²) in [4.78, 5) is 1.19. The fourth-order valence-electron chi connectivity index (χ4n) is 1.93. The molecule has 0 radical (unpaired) electrons. The van der Waals surface area contributed by atoms with Gasteiger partial charge in [-0.25, -0.2) is 5.43 Å². The number of rotatable bonds is 3. The fourth-order valence-corrected chi connectivity index (χ4v) is 3.08. The van der Waals surface area contributed by atoms with Crippen LogP contribution in [-0.2, 0) is 0 Å². The van der Waals surface area contributed by atoms with Gasteiger partial charge in [-0.15, -0.1) is 11.3 Å². The van der Waals surface area contributed by atoms with E-state index in [0.717, 1.165) is 5.56 Å². The highest BCUT2D eigenvalue weighted by Gasteiger charge is 2.16. The van der Waals surface area contributed by atoms with Crippen molar-refractivity contribution in [3.8, 4) is 0 Å². The van der Waals surface area contributed by atoms with Crippen LogP contribution in [0.5, 0.6) is 0 Å². The van der Waals surface area contributed by atoms with E-state index in [1.165, 1.54) is 15.0 Å². The van der Waals surface area contributed by atoms with Crippen molar-refractivity contribution >= 4 is 21.4 Å².